The van der Waals surface area contributed by atoms with Gasteiger partial charge in [-0.2, -0.15) is 0 Å². The third-order valence-corrected chi connectivity index (χ3v) is 3.97. The van der Waals surface area contributed by atoms with Crippen LogP contribution in [0.25, 0.3) is 0 Å². The molecule has 6 heteroatoms. The molecule has 0 fully saturated rings. The van der Waals surface area contributed by atoms with E-state index in [9.17, 15) is 4.79 Å². The Morgan fingerprint density at radius 2 is 1.73 bits per heavy atom. The number of Topliss-reactive ketones (excluding diaryl/α,β-unsaturated/α-hetero) is 1. The minimum atomic E-state index is -1.57. The topological polar surface area (TPSA) is 17.1 Å². The molecule has 0 aromatic rings. The average molecular weight is 254 g/mol. The maximum absolute atomic E-state index is 11.0. The number of halogens is 5. The van der Waals surface area contributed by atoms with Gasteiger partial charge < -0.3 is 0 Å². The minimum Gasteiger partial charge on any atom is -0.291 e. The number of hydrogen-bond donors (Lipinski definition) is 0. The predicted molar refractivity (Wildman–Crippen MR) is 47.8 cm³/mol. The van der Waals surface area contributed by atoms with Gasteiger partial charge >= 0.3 is 0 Å². The van der Waals surface area contributed by atoms with Crippen molar-refractivity contribution in [3.8, 4) is 0 Å². The lowest BCUT2D eigenvalue weighted by Gasteiger charge is -2.14. The summed E-state index contributed by atoms with van der Waals surface area (Å²) in [5, 5.41) is -1.38. The number of ketones is 1. The molecular weight excluding hydrogens is 253 g/mol. The number of hydrogen-bond acceptors (Lipinski definition) is 1. The van der Waals surface area contributed by atoms with E-state index in [0.29, 0.717) is 0 Å². The third-order valence-electron chi connectivity index (χ3n) is 1.25. The summed E-state index contributed by atoms with van der Waals surface area (Å²) < 4.78 is -1.57. The van der Waals surface area contributed by atoms with Crippen molar-refractivity contribution < 1.29 is 4.79 Å². The zero-order valence-electron chi connectivity index (χ0n) is 4.88. The van der Waals surface area contributed by atoms with Crippen LogP contribution >= 0.6 is 58.0 Å². The van der Waals surface area contributed by atoms with Crippen molar-refractivity contribution in [2.75, 3.05) is 0 Å². The smallest absolute Gasteiger partial charge is 0.196 e. The Bertz CT molecular complexity index is 243. The quantitative estimate of drug-likeness (QED) is 0.607. The molecule has 0 bridgehead atoms. The normalized spacial score (nSPS) is 29.9. The summed E-state index contributed by atoms with van der Waals surface area (Å²) in [5.74, 6) is -0.539. The van der Waals surface area contributed by atoms with Gasteiger partial charge in [0.1, 0.15) is 10.4 Å². The lowest BCUT2D eigenvalue weighted by Crippen LogP contribution is -2.26. The van der Waals surface area contributed by atoms with Crippen molar-refractivity contribution in [3.05, 3.63) is 10.1 Å². The standard InChI is InChI=1S/C5HCl5O/c6-1-2(11)4(8)5(9,10)3(1)7/h4H. The van der Waals surface area contributed by atoms with E-state index in [1.54, 1.807) is 0 Å². The highest BCUT2D eigenvalue weighted by atomic mass is 35.5. The van der Waals surface area contributed by atoms with E-state index in [-0.39, 0.29) is 10.1 Å². The maximum Gasteiger partial charge on any atom is 0.196 e. The van der Waals surface area contributed by atoms with Crippen molar-refractivity contribution in [2.45, 2.75) is 9.71 Å². The molecule has 0 saturated heterocycles. The molecule has 0 saturated carbocycles. The molecule has 1 aliphatic rings. The van der Waals surface area contributed by atoms with Gasteiger partial charge in [-0.25, -0.2) is 0 Å². The van der Waals surface area contributed by atoms with Crippen molar-refractivity contribution in [2.24, 2.45) is 0 Å². The molecule has 0 aromatic carbocycles. The Kier molecular flexibility index (Phi) is 2.68. The zero-order valence-corrected chi connectivity index (χ0v) is 8.66. The lowest BCUT2D eigenvalue weighted by molar-refractivity contribution is -0.114. The fraction of sp³-hybridized carbons (Fsp3) is 0.400. The molecule has 0 aromatic heterocycles. The van der Waals surface area contributed by atoms with Crippen LogP contribution in [0.5, 0.6) is 0 Å². The number of rotatable bonds is 0. The second-order valence-electron chi connectivity index (χ2n) is 1.98. The van der Waals surface area contributed by atoms with Gasteiger partial charge in [-0.05, 0) is 0 Å². The average Bonchev–Trinajstić information content (AvgIpc) is 2.06. The Balaban J connectivity index is 3.16. The summed E-state index contributed by atoms with van der Waals surface area (Å²) in [7, 11) is 0. The van der Waals surface area contributed by atoms with Gasteiger partial charge in [0.25, 0.3) is 0 Å². The van der Waals surface area contributed by atoms with Crippen LogP contribution in [0.2, 0.25) is 0 Å². The summed E-state index contributed by atoms with van der Waals surface area (Å²) in [6.45, 7) is 0. The SMILES string of the molecule is O=C1C(Cl)=C(Cl)C(Cl)(Cl)C1Cl. The van der Waals surface area contributed by atoms with Gasteiger partial charge in [-0.1, -0.05) is 46.4 Å². The first-order chi connectivity index (χ1) is 4.89. The molecule has 0 heterocycles. The summed E-state index contributed by atoms with van der Waals surface area (Å²) in [4.78, 5) is 11.0. The molecule has 0 N–H and O–H groups in total. The van der Waals surface area contributed by atoms with Gasteiger partial charge in [0.15, 0.2) is 10.1 Å². The molecule has 1 rings (SSSR count). The van der Waals surface area contributed by atoms with Gasteiger partial charge in [0.05, 0.1) is 5.03 Å². The van der Waals surface area contributed by atoms with E-state index >= 15 is 0 Å². The Morgan fingerprint density at radius 3 is 1.82 bits per heavy atom. The van der Waals surface area contributed by atoms with Gasteiger partial charge in [0, 0.05) is 0 Å². The van der Waals surface area contributed by atoms with E-state index in [2.05, 4.69) is 0 Å². The van der Waals surface area contributed by atoms with Crippen LogP contribution in [-0.4, -0.2) is 15.5 Å². The van der Waals surface area contributed by atoms with E-state index in [1.807, 2.05) is 0 Å². The number of carbonyl (C=O) groups excluding carboxylic acids is 1. The molecule has 0 spiro atoms. The van der Waals surface area contributed by atoms with Crippen LogP contribution in [0.4, 0.5) is 0 Å². The summed E-state index contributed by atoms with van der Waals surface area (Å²) in [6, 6.07) is 0. The fourth-order valence-corrected chi connectivity index (χ4v) is 1.92. The molecular formula is C5HCl5O. The summed E-state index contributed by atoms with van der Waals surface area (Å²) in [5.41, 5.74) is 0. The van der Waals surface area contributed by atoms with E-state index in [4.69, 9.17) is 58.0 Å². The van der Waals surface area contributed by atoms with E-state index < -0.39 is 15.5 Å². The van der Waals surface area contributed by atoms with E-state index in [1.165, 1.54) is 0 Å². The highest BCUT2D eigenvalue weighted by molar-refractivity contribution is 6.68. The Morgan fingerprint density at radius 1 is 1.27 bits per heavy atom. The molecule has 0 aliphatic heterocycles. The van der Waals surface area contributed by atoms with Crippen LogP contribution < -0.4 is 0 Å². The molecule has 1 aliphatic carbocycles. The molecule has 1 unspecified atom stereocenters. The van der Waals surface area contributed by atoms with Gasteiger partial charge in [-0.15, -0.1) is 11.6 Å². The predicted octanol–water partition coefficient (Wildman–Crippen LogP) is 3.04. The Labute approximate surface area is 88.2 Å². The number of alkyl halides is 3. The lowest BCUT2D eigenvalue weighted by atomic mass is 10.3. The number of allylic oxidation sites excluding steroid dienone is 2. The first kappa shape index (κ1) is 9.94. The monoisotopic (exact) mass is 252 g/mol. The fourth-order valence-electron chi connectivity index (χ4n) is 0.642. The molecule has 1 atom stereocenters. The van der Waals surface area contributed by atoms with Crippen LogP contribution in [0, 0.1) is 0 Å². The zero-order chi connectivity index (χ0) is 8.81. The highest BCUT2D eigenvalue weighted by Crippen LogP contribution is 2.48. The van der Waals surface area contributed by atoms with Crippen molar-refractivity contribution >= 4 is 63.8 Å². The van der Waals surface area contributed by atoms with Crippen LogP contribution in [0.3, 0.4) is 0 Å². The first-order valence-electron chi connectivity index (χ1n) is 2.51. The Hall–Kier alpha value is 0.860. The second kappa shape index (κ2) is 2.97. The van der Waals surface area contributed by atoms with Crippen LogP contribution in [0.1, 0.15) is 0 Å². The summed E-state index contributed by atoms with van der Waals surface area (Å²) >= 11 is 27.7. The molecule has 11 heavy (non-hydrogen) atoms. The van der Waals surface area contributed by atoms with Gasteiger partial charge in [-0.3, -0.25) is 4.79 Å². The van der Waals surface area contributed by atoms with Gasteiger partial charge in [0.2, 0.25) is 0 Å². The van der Waals surface area contributed by atoms with Crippen molar-refractivity contribution in [1.29, 1.82) is 0 Å². The molecule has 1 nitrogen and oxygen atoms in total. The van der Waals surface area contributed by atoms with Crippen molar-refractivity contribution in [1.82, 2.24) is 0 Å². The second-order valence-corrected chi connectivity index (χ2v) is 4.56. The highest BCUT2D eigenvalue weighted by Gasteiger charge is 2.50. The van der Waals surface area contributed by atoms with Crippen LogP contribution in [0.15, 0.2) is 10.1 Å². The maximum atomic E-state index is 11.0. The minimum absolute atomic E-state index is 0.104. The molecule has 0 radical (unpaired) electrons. The molecule has 62 valence electrons. The first-order valence-corrected chi connectivity index (χ1v) is 4.45. The largest absolute Gasteiger partial charge is 0.291 e. The van der Waals surface area contributed by atoms with Crippen LogP contribution in [-0.2, 0) is 4.79 Å². The summed E-state index contributed by atoms with van der Waals surface area (Å²) in [6.07, 6.45) is 0. The third kappa shape index (κ3) is 1.38. The number of carbonyl (C=O) groups is 1. The molecule has 0 amide bonds. The van der Waals surface area contributed by atoms with E-state index in [0.717, 1.165) is 0 Å². The van der Waals surface area contributed by atoms with Crippen molar-refractivity contribution in [3.63, 3.8) is 0 Å².